The lowest BCUT2D eigenvalue weighted by molar-refractivity contribution is -0.130. The van der Waals surface area contributed by atoms with Gasteiger partial charge in [-0.1, -0.05) is 18.2 Å². The number of carbonyl (C=O) groups is 2. The molecule has 0 unspecified atom stereocenters. The van der Waals surface area contributed by atoms with Crippen molar-refractivity contribution in [1.82, 2.24) is 9.80 Å². The Bertz CT molecular complexity index is 554. The first-order valence-electron chi connectivity index (χ1n) is 6.63. The third-order valence-corrected chi connectivity index (χ3v) is 3.53. The minimum absolute atomic E-state index is 0.0435. The van der Waals surface area contributed by atoms with Crippen molar-refractivity contribution in [2.75, 3.05) is 26.2 Å². The van der Waals surface area contributed by atoms with Gasteiger partial charge in [-0.2, -0.15) is 5.26 Å². The molecule has 1 aromatic carbocycles. The van der Waals surface area contributed by atoms with Gasteiger partial charge >= 0.3 is 0 Å². The van der Waals surface area contributed by atoms with Crippen LogP contribution in [0.25, 0.3) is 0 Å². The van der Waals surface area contributed by atoms with Crippen LogP contribution in [0.2, 0.25) is 0 Å². The fourth-order valence-electron chi connectivity index (χ4n) is 2.36. The van der Waals surface area contributed by atoms with E-state index in [0.717, 1.165) is 5.56 Å². The number of rotatable bonds is 2. The zero-order chi connectivity index (χ0) is 14.5. The number of carbonyl (C=O) groups excluding carboxylic acids is 2. The second-order valence-electron chi connectivity index (χ2n) is 4.79. The van der Waals surface area contributed by atoms with Crippen LogP contribution in [0.4, 0.5) is 0 Å². The number of amides is 2. The van der Waals surface area contributed by atoms with Gasteiger partial charge in [-0.25, -0.2) is 0 Å². The Morgan fingerprint density at radius 1 is 1.15 bits per heavy atom. The molecule has 1 heterocycles. The minimum atomic E-state index is -0.0564. The van der Waals surface area contributed by atoms with Gasteiger partial charge in [0.15, 0.2) is 0 Å². The highest BCUT2D eigenvalue weighted by Crippen LogP contribution is 2.14. The molecule has 0 bridgehead atoms. The van der Waals surface area contributed by atoms with E-state index in [2.05, 4.69) is 6.07 Å². The maximum absolute atomic E-state index is 12.5. The molecule has 1 saturated heterocycles. The molecule has 5 nitrogen and oxygen atoms in total. The smallest absolute Gasteiger partial charge is 0.254 e. The molecule has 20 heavy (non-hydrogen) atoms. The van der Waals surface area contributed by atoms with Crippen molar-refractivity contribution < 1.29 is 9.59 Å². The third kappa shape index (κ3) is 2.97. The maximum Gasteiger partial charge on any atom is 0.254 e. The van der Waals surface area contributed by atoms with Crippen LogP contribution in [0.3, 0.4) is 0 Å². The second-order valence-corrected chi connectivity index (χ2v) is 4.79. The molecule has 1 aliphatic rings. The van der Waals surface area contributed by atoms with Crippen LogP contribution >= 0.6 is 0 Å². The van der Waals surface area contributed by atoms with Gasteiger partial charge < -0.3 is 9.80 Å². The number of benzene rings is 1. The molecular formula is C15H17N3O2. The summed E-state index contributed by atoms with van der Waals surface area (Å²) in [6.07, 6.45) is 0.231. The Morgan fingerprint density at radius 2 is 1.75 bits per heavy atom. The van der Waals surface area contributed by atoms with E-state index in [1.54, 1.807) is 28.9 Å². The average Bonchev–Trinajstić information content (AvgIpc) is 2.47. The predicted molar refractivity (Wildman–Crippen MR) is 73.9 cm³/mol. The van der Waals surface area contributed by atoms with Crippen LogP contribution in [-0.4, -0.2) is 47.8 Å². The van der Waals surface area contributed by atoms with Gasteiger partial charge in [0.05, 0.1) is 12.5 Å². The molecule has 0 spiro atoms. The zero-order valence-corrected chi connectivity index (χ0v) is 11.5. The molecule has 0 N–H and O–H groups in total. The largest absolute Gasteiger partial charge is 0.339 e. The van der Waals surface area contributed by atoms with Crippen molar-refractivity contribution in [2.45, 2.75) is 13.3 Å². The van der Waals surface area contributed by atoms with Gasteiger partial charge in [0, 0.05) is 38.7 Å². The van der Waals surface area contributed by atoms with Gasteiger partial charge in [-0.3, -0.25) is 9.59 Å². The summed E-state index contributed by atoms with van der Waals surface area (Å²) < 4.78 is 0. The molecule has 0 aromatic heterocycles. The van der Waals surface area contributed by atoms with Crippen molar-refractivity contribution in [3.8, 4) is 6.07 Å². The number of nitrogens with zero attached hydrogens (tertiary/aromatic N) is 3. The second kappa shape index (κ2) is 6.20. The first kappa shape index (κ1) is 14.1. The average molecular weight is 271 g/mol. The molecule has 2 amide bonds. The first-order chi connectivity index (χ1) is 9.63. The van der Waals surface area contributed by atoms with Crippen molar-refractivity contribution in [3.05, 3.63) is 35.4 Å². The van der Waals surface area contributed by atoms with Gasteiger partial charge in [0.25, 0.3) is 5.91 Å². The highest BCUT2D eigenvalue weighted by molar-refractivity contribution is 5.96. The normalized spacial score (nSPS) is 14.8. The van der Waals surface area contributed by atoms with Crippen LogP contribution in [0, 0.1) is 11.3 Å². The first-order valence-corrected chi connectivity index (χ1v) is 6.63. The lowest BCUT2D eigenvalue weighted by Gasteiger charge is -2.34. The number of hydrogen-bond donors (Lipinski definition) is 0. The topological polar surface area (TPSA) is 64.4 Å². The predicted octanol–water partition coefficient (Wildman–Crippen LogP) is 1.06. The molecule has 2 rings (SSSR count). The Balaban J connectivity index is 2.10. The summed E-state index contributed by atoms with van der Waals surface area (Å²) in [4.78, 5) is 27.2. The van der Waals surface area contributed by atoms with E-state index in [1.165, 1.54) is 0 Å². The fourth-order valence-corrected chi connectivity index (χ4v) is 2.36. The van der Waals surface area contributed by atoms with E-state index in [-0.39, 0.29) is 18.2 Å². The van der Waals surface area contributed by atoms with Gasteiger partial charge in [-0.15, -0.1) is 0 Å². The van der Waals surface area contributed by atoms with Crippen molar-refractivity contribution in [3.63, 3.8) is 0 Å². The molecule has 0 aliphatic carbocycles. The molecule has 1 aromatic rings. The van der Waals surface area contributed by atoms with E-state index in [1.807, 2.05) is 12.1 Å². The summed E-state index contributed by atoms with van der Waals surface area (Å²) in [7, 11) is 0. The lowest BCUT2D eigenvalue weighted by Crippen LogP contribution is -2.50. The Labute approximate surface area is 118 Å². The van der Waals surface area contributed by atoms with E-state index in [9.17, 15) is 9.59 Å². The van der Waals surface area contributed by atoms with Crippen LogP contribution < -0.4 is 0 Å². The van der Waals surface area contributed by atoms with E-state index < -0.39 is 0 Å². The van der Waals surface area contributed by atoms with Crippen LogP contribution in [0.15, 0.2) is 24.3 Å². The van der Waals surface area contributed by atoms with Gasteiger partial charge in [0.2, 0.25) is 5.91 Å². The lowest BCUT2D eigenvalue weighted by atomic mass is 10.0. The summed E-state index contributed by atoms with van der Waals surface area (Å²) in [5, 5.41) is 8.81. The SMILES string of the molecule is CC(=O)N1CCN(C(=O)c2ccccc2CC#N)CC1. The van der Waals surface area contributed by atoms with Crippen LogP contribution in [0.1, 0.15) is 22.8 Å². The standard InChI is InChI=1S/C15H17N3O2/c1-12(19)17-8-10-18(11-9-17)15(20)14-5-3-2-4-13(14)6-7-16/h2-5H,6,8-11H2,1H3. The Kier molecular flexibility index (Phi) is 4.36. The molecular weight excluding hydrogens is 254 g/mol. The monoisotopic (exact) mass is 271 g/mol. The molecule has 5 heteroatoms. The summed E-state index contributed by atoms with van der Waals surface area (Å²) in [5.41, 5.74) is 1.35. The van der Waals surface area contributed by atoms with Crippen LogP contribution in [-0.2, 0) is 11.2 Å². The highest BCUT2D eigenvalue weighted by Gasteiger charge is 2.24. The van der Waals surface area contributed by atoms with E-state index >= 15 is 0 Å². The molecule has 1 fully saturated rings. The highest BCUT2D eigenvalue weighted by atomic mass is 16.2. The van der Waals surface area contributed by atoms with E-state index in [4.69, 9.17) is 5.26 Å². The summed E-state index contributed by atoms with van der Waals surface area (Å²) in [6, 6.07) is 9.28. The summed E-state index contributed by atoms with van der Waals surface area (Å²) >= 11 is 0. The van der Waals surface area contributed by atoms with E-state index in [0.29, 0.717) is 31.7 Å². The number of nitriles is 1. The van der Waals surface area contributed by atoms with Crippen LogP contribution in [0.5, 0.6) is 0 Å². The van der Waals surface area contributed by atoms with Gasteiger partial charge in [-0.05, 0) is 11.6 Å². The molecule has 1 aliphatic heterocycles. The van der Waals surface area contributed by atoms with Crippen molar-refractivity contribution in [1.29, 1.82) is 5.26 Å². The third-order valence-electron chi connectivity index (χ3n) is 3.53. The number of piperazine rings is 1. The minimum Gasteiger partial charge on any atom is -0.339 e. The zero-order valence-electron chi connectivity index (χ0n) is 11.5. The summed E-state index contributed by atoms with van der Waals surface area (Å²) in [5.74, 6) is -0.0129. The molecule has 0 saturated carbocycles. The molecule has 0 radical (unpaired) electrons. The Morgan fingerprint density at radius 3 is 2.35 bits per heavy atom. The molecule has 104 valence electrons. The molecule has 0 atom stereocenters. The maximum atomic E-state index is 12.5. The Hall–Kier alpha value is -2.35. The fraction of sp³-hybridized carbons (Fsp3) is 0.400. The van der Waals surface area contributed by atoms with Crippen molar-refractivity contribution in [2.24, 2.45) is 0 Å². The summed E-state index contributed by atoms with van der Waals surface area (Å²) in [6.45, 7) is 3.77. The quantitative estimate of drug-likeness (QED) is 0.808. The van der Waals surface area contributed by atoms with Gasteiger partial charge in [0.1, 0.15) is 0 Å². The van der Waals surface area contributed by atoms with Crippen molar-refractivity contribution >= 4 is 11.8 Å². The number of hydrogen-bond acceptors (Lipinski definition) is 3.